The lowest BCUT2D eigenvalue weighted by Crippen LogP contribution is -2.27. The molecule has 4 rings (SSSR count). The zero-order valence-electron chi connectivity index (χ0n) is 15.4. The van der Waals surface area contributed by atoms with Gasteiger partial charge in [-0.2, -0.15) is 5.10 Å². The molecule has 6 nitrogen and oxygen atoms in total. The van der Waals surface area contributed by atoms with Gasteiger partial charge in [0.1, 0.15) is 0 Å². The first-order valence-corrected chi connectivity index (χ1v) is 10.9. The van der Waals surface area contributed by atoms with Crippen molar-refractivity contribution in [3.63, 3.8) is 0 Å². The van der Waals surface area contributed by atoms with Crippen LogP contribution in [0.1, 0.15) is 23.8 Å². The maximum atomic E-state index is 13.0. The third-order valence-electron chi connectivity index (χ3n) is 4.32. The Morgan fingerprint density at radius 1 is 1.21 bits per heavy atom. The van der Waals surface area contributed by atoms with Crippen LogP contribution in [0.25, 0.3) is 21.0 Å². The van der Waals surface area contributed by atoms with Gasteiger partial charge in [0.25, 0.3) is 11.5 Å². The van der Waals surface area contributed by atoms with E-state index in [-0.39, 0.29) is 17.2 Å². The second-order valence-electron chi connectivity index (χ2n) is 6.24. The fraction of sp³-hybridized carbons (Fsp3) is 0.200. The standard InChI is InChI=1S/C20H18N4O2S2/c1-3-10-24-19(26)14-7-5-4-6-13(14)17(23-24)18(25)21-12-8-9-15-16(11-12)28-20(22-15)27-2/h4-9,11H,3,10H2,1-2H3,(H,21,25). The molecular weight excluding hydrogens is 392 g/mol. The molecule has 0 aliphatic carbocycles. The first-order valence-electron chi connectivity index (χ1n) is 8.86. The van der Waals surface area contributed by atoms with E-state index in [4.69, 9.17) is 0 Å². The van der Waals surface area contributed by atoms with Gasteiger partial charge in [0.15, 0.2) is 10.0 Å². The van der Waals surface area contributed by atoms with E-state index in [9.17, 15) is 9.59 Å². The summed E-state index contributed by atoms with van der Waals surface area (Å²) in [7, 11) is 0. The fourth-order valence-electron chi connectivity index (χ4n) is 3.03. The highest BCUT2D eigenvalue weighted by molar-refractivity contribution is 8.00. The van der Waals surface area contributed by atoms with Crippen molar-refractivity contribution in [3.05, 3.63) is 58.5 Å². The van der Waals surface area contributed by atoms with Crippen LogP contribution in [0.4, 0.5) is 5.69 Å². The summed E-state index contributed by atoms with van der Waals surface area (Å²) in [5.74, 6) is -0.338. The van der Waals surface area contributed by atoms with Gasteiger partial charge in [-0.3, -0.25) is 9.59 Å². The minimum absolute atomic E-state index is 0.176. The molecule has 0 spiro atoms. The quantitative estimate of drug-likeness (QED) is 0.494. The third kappa shape index (κ3) is 3.41. The highest BCUT2D eigenvalue weighted by Crippen LogP contribution is 2.30. The molecule has 142 valence electrons. The Morgan fingerprint density at radius 2 is 2.00 bits per heavy atom. The second kappa shape index (κ2) is 7.73. The maximum Gasteiger partial charge on any atom is 0.276 e. The van der Waals surface area contributed by atoms with E-state index >= 15 is 0 Å². The van der Waals surface area contributed by atoms with Crippen LogP contribution in [0.15, 0.2) is 51.6 Å². The number of amides is 1. The van der Waals surface area contributed by atoms with Crippen molar-refractivity contribution >= 4 is 55.7 Å². The van der Waals surface area contributed by atoms with E-state index in [2.05, 4.69) is 15.4 Å². The summed E-state index contributed by atoms with van der Waals surface area (Å²) in [6.07, 6.45) is 2.74. The lowest BCUT2D eigenvalue weighted by Gasteiger charge is -2.11. The number of thiazole rings is 1. The largest absolute Gasteiger partial charge is 0.321 e. The SMILES string of the molecule is CCCn1nc(C(=O)Nc2ccc3nc(SC)sc3c2)c2ccccc2c1=O. The highest BCUT2D eigenvalue weighted by Gasteiger charge is 2.17. The average Bonchev–Trinajstić information content (AvgIpc) is 3.12. The third-order valence-corrected chi connectivity index (χ3v) is 6.32. The number of anilines is 1. The predicted octanol–water partition coefficient (Wildman–Crippen LogP) is 4.39. The molecule has 0 aliphatic rings. The molecule has 0 fully saturated rings. The van der Waals surface area contributed by atoms with E-state index in [1.807, 2.05) is 31.4 Å². The van der Waals surface area contributed by atoms with E-state index in [0.717, 1.165) is 21.0 Å². The summed E-state index contributed by atoms with van der Waals surface area (Å²) in [6.45, 7) is 2.43. The van der Waals surface area contributed by atoms with Crippen molar-refractivity contribution < 1.29 is 4.79 Å². The van der Waals surface area contributed by atoms with Crippen LogP contribution in [-0.4, -0.2) is 26.9 Å². The number of nitrogens with zero attached hydrogens (tertiary/aromatic N) is 3. The lowest BCUT2D eigenvalue weighted by molar-refractivity contribution is 0.102. The Morgan fingerprint density at radius 3 is 2.75 bits per heavy atom. The monoisotopic (exact) mass is 410 g/mol. The number of aryl methyl sites for hydroxylation is 1. The van der Waals surface area contributed by atoms with Crippen LogP contribution >= 0.6 is 23.1 Å². The molecule has 4 aromatic rings. The van der Waals surface area contributed by atoms with Crippen molar-refractivity contribution in [2.24, 2.45) is 0 Å². The van der Waals surface area contributed by atoms with Crippen LogP contribution in [0.5, 0.6) is 0 Å². The highest BCUT2D eigenvalue weighted by atomic mass is 32.2. The molecule has 28 heavy (non-hydrogen) atoms. The van der Waals surface area contributed by atoms with Crippen molar-refractivity contribution in [2.75, 3.05) is 11.6 Å². The number of aromatic nitrogens is 3. The Bertz CT molecular complexity index is 1250. The summed E-state index contributed by atoms with van der Waals surface area (Å²) in [5.41, 5.74) is 1.66. The van der Waals surface area contributed by atoms with E-state index in [0.29, 0.717) is 23.0 Å². The van der Waals surface area contributed by atoms with E-state index in [1.165, 1.54) is 4.68 Å². The Balaban J connectivity index is 1.74. The number of nitrogens with one attached hydrogen (secondary N) is 1. The Hall–Kier alpha value is -2.71. The average molecular weight is 411 g/mol. The minimum atomic E-state index is -0.338. The zero-order valence-corrected chi connectivity index (χ0v) is 17.1. The molecule has 1 N–H and O–H groups in total. The molecule has 0 bridgehead atoms. The predicted molar refractivity (Wildman–Crippen MR) is 116 cm³/mol. The summed E-state index contributed by atoms with van der Waals surface area (Å²) < 4.78 is 3.36. The van der Waals surface area contributed by atoms with Crippen LogP contribution in [0.3, 0.4) is 0 Å². The summed E-state index contributed by atoms with van der Waals surface area (Å²) >= 11 is 3.19. The normalized spacial score (nSPS) is 11.2. The van der Waals surface area contributed by atoms with Gasteiger partial charge < -0.3 is 5.32 Å². The molecule has 8 heteroatoms. The molecule has 2 aromatic carbocycles. The van der Waals surface area contributed by atoms with Gasteiger partial charge in [-0.1, -0.05) is 36.9 Å². The topological polar surface area (TPSA) is 76.9 Å². The molecule has 0 atom stereocenters. The molecule has 0 aliphatic heterocycles. The van der Waals surface area contributed by atoms with E-state index in [1.54, 1.807) is 47.4 Å². The first-order chi connectivity index (χ1) is 13.6. The maximum absolute atomic E-state index is 13.0. The smallest absolute Gasteiger partial charge is 0.276 e. The second-order valence-corrected chi connectivity index (χ2v) is 8.33. The zero-order chi connectivity index (χ0) is 19.7. The van der Waals surface area contributed by atoms with Crippen LogP contribution in [0.2, 0.25) is 0 Å². The van der Waals surface area contributed by atoms with Crippen molar-refractivity contribution in [3.8, 4) is 0 Å². The molecule has 2 heterocycles. The summed E-state index contributed by atoms with van der Waals surface area (Å²) in [4.78, 5) is 30.1. The van der Waals surface area contributed by atoms with Gasteiger partial charge in [0.2, 0.25) is 0 Å². The van der Waals surface area contributed by atoms with Gasteiger partial charge in [0.05, 0.1) is 15.6 Å². The molecule has 0 radical (unpaired) electrons. The number of carbonyl (C=O) groups is 1. The summed E-state index contributed by atoms with van der Waals surface area (Å²) in [6, 6.07) is 12.7. The van der Waals surface area contributed by atoms with Gasteiger partial charge in [0, 0.05) is 17.6 Å². The van der Waals surface area contributed by atoms with Crippen LogP contribution in [0, 0.1) is 0 Å². The number of carbonyl (C=O) groups excluding carboxylic acids is 1. The number of hydrogen-bond donors (Lipinski definition) is 1. The molecule has 0 saturated carbocycles. The number of rotatable bonds is 5. The van der Waals surface area contributed by atoms with Crippen molar-refractivity contribution in [2.45, 2.75) is 24.2 Å². The van der Waals surface area contributed by atoms with Gasteiger partial charge in [-0.25, -0.2) is 9.67 Å². The molecule has 0 unspecified atom stereocenters. The fourth-order valence-corrected chi connectivity index (χ4v) is 4.55. The molecular formula is C20H18N4O2S2. The Kier molecular flexibility index (Phi) is 5.15. The van der Waals surface area contributed by atoms with Gasteiger partial charge in [-0.05, 0) is 36.9 Å². The number of hydrogen-bond acceptors (Lipinski definition) is 6. The first kappa shape index (κ1) is 18.6. The minimum Gasteiger partial charge on any atom is -0.321 e. The molecule has 0 saturated heterocycles. The van der Waals surface area contributed by atoms with Crippen LogP contribution < -0.4 is 10.9 Å². The Labute approximate surface area is 169 Å². The van der Waals surface area contributed by atoms with Gasteiger partial charge >= 0.3 is 0 Å². The number of thioether (sulfide) groups is 1. The number of fused-ring (bicyclic) bond motifs is 2. The van der Waals surface area contributed by atoms with Gasteiger partial charge in [-0.15, -0.1) is 11.3 Å². The lowest BCUT2D eigenvalue weighted by atomic mass is 10.1. The summed E-state index contributed by atoms with van der Waals surface area (Å²) in [5, 5.41) is 8.31. The van der Waals surface area contributed by atoms with Crippen LogP contribution in [-0.2, 0) is 6.54 Å². The van der Waals surface area contributed by atoms with Crippen molar-refractivity contribution in [1.29, 1.82) is 0 Å². The number of benzene rings is 2. The molecule has 2 aromatic heterocycles. The molecule has 1 amide bonds. The van der Waals surface area contributed by atoms with E-state index < -0.39 is 0 Å². The van der Waals surface area contributed by atoms with Crippen molar-refractivity contribution in [1.82, 2.24) is 14.8 Å².